The number of carbonyl (C=O) groups excluding carboxylic acids is 2. The van der Waals surface area contributed by atoms with Crippen LogP contribution in [0.25, 0.3) is 0 Å². The molecule has 0 fully saturated rings. The van der Waals surface area contributed by atoms with Gasteiger partial charge in [-0.3, -0.25) is 0 Å². The highest BCUT2D eigenvalue weighted by atomic mass is 32.1. The molecular formula is C11H14F2N2O4S. The van der Waals surface area contributed by atoms with Gasteiger partial charge >= 0.3 is 11.9 Å². The highest BCUT2D eigenvalue weighted by molar-refractivity contribution is 7.17. The number of alkyl halides is 2. The van der Waals surface area contributed by atoms with Gasteiger partial charge in [-0.15, -0.1) is 0 Å². The summed E-state index contributed by atoms with van der Waals surface area (Å²) in [5.74, 6) is -1.53. The largest absolute Gasteiger partial charge is 0.462 e. The summed E-state index contributed by atoms with van der Waals surface area (Å²) < 4.78 is 33.8. The van der Waals surface area contributed by atoms with Crippen molar-refractivity contribution in [3.8, 4) is 0 Å². The summed E-state index contributed by atoms with van der Waals surface area (Å²) in [6.07, 6.45) is -2.57. The predicted molar refractivity (Wildman–Crippen MR) is 68.5 cm³/mol. The Hall–Kier alpha value is -1.77. The van der Waals surface area contributed by atoms with E-state index in [1.807, 2.05) is 0 Å². The zero-order valence-corrected chi connectivity index (χ0v) is 11.8. The summed E-state index contributed by atoms with van der Waals surface area (Å²) in [7, 11) is 0. The third kappa shape index (κ3) is 4.41. The van der Waals surface area contributed by atoms with Crippen molar-refractivity contribution in [3.63, 3.8) is 0 Å². The first-order valence-electron chi connectivity index (χ1n) is 5.86. The molecule has 112 valence electrons. The summed E-state index contributed by atoms with van der Waals surface area (Å²) >= 11 is 0.773. The summed E-state index contributed by atoms with van der Waals surface area (Å²) in [6.45, 7) is 2.82. The Kier molecular flexibility index (Phi) is 6.29. The second-order valence-corrected chi connectivity index (χ2v) is 4.41. The van der Waals surface area contributed by atoms with E-state index in [4.69, 9.17) is 9.47 Å². The number of carbonyl (C=O) groups is 2. The highest BCUT2D eigenvalue weighted by Crippen LogP contribution is 2.25. The zero-order valence-electron chi connectivity index (χ0n) is 10.9. The summed E-state index contributed by atoms with van der Waals surface area (Å²) in [6, 6.07) is 0. The Morgan fingerprint density at radius 3 is 2.40 bits per heavy atom. The van der Waals surface area contributed by atoms with Gasteiger partial charge in [0.25, 0.3) is 6.43 Å². The van der Waals surface area contributed by atoms with Gasteiger partial charge in [0.2, 0.25) is 0 Å². The molecule has 6 nitrogen and oxygen atoms in total. The van der Waals surface area contributed by atoms with Crippen LogP contribution in [0.3, 0.4) is 0 Å². The number of anilines is 1. The molecular weight excluding hydrogens is 294 g/mol. The van der Waals surface area contributed by atoms with Gasteiger partial charge in [-0.25, -0.2) is 23.4 Å². The Morgan fingerprint density at radius 1 is 1.25 bits per heavy atom. The molecule has 0 amide bonds. The van der Waals surface area contributed by atoms with E-state index in [0.29, 0.717) is 0 Å². The average molecular weight is 308 g/mol. The van der Waals surface area contributed by atoms with Gasteiger partial charge < -0.3 is 14.8 Å². The summed E-state index contributed by atoms with van der Waals surface area (Å²) in [5, 5.41) is 2.38. The van der Waals surface area contributed by atoms with E-state index in [2.05, 4.69) is 10.3 Å². The van der Waals surface area contributed by atoms with Crippen LogP contribution in [0.5, 0.6) is 0 Å². The van der Waals surface area contributed by atoms with Crippen molar-refractivity contribution in [2.45, 2.75) is 20.3 Å². The number of hydrogen-bond acceptors (Lipinski definition) is 7. The molecule has 0 aliphatic carbocycles. The van der Waals surface area contributed by atoms with Crippen LogP contribution in [0.15, 0.2) is 0 Å². The van der Waals surface area contributed by atoms with E-state index in [-0.39, 0.29) is 28.9 Å². The fourth-order valence-electron chi connectivity index (χ4n) is 1.23. The molecule has 0 aliphatic rings. The van der Waals surface area contributed by atoms with E-state index < -0.39 is 24.9 Å². The van der Waals surface area contributed by atoms with Crippen LogP contribution in [0.4, 0.5) is 13.9 Å². The van der Waals surface area contributed by atoms with Crippen LogP contribution in [-0.4, -0.2) is 43.1 Å². The van der Waals surface area contributed by atoms with Crippen LogP contribution in [-0.2, 0) is 9.47 Å². The Morgan fingerprint density at radius 2 is 1.85 bits per heavy atom. The molecule has 0 radical (unpaired) electrons. The van der Waals surface area contributed by atoms with Crippen LogP contribution in [0.2, 0.25) is 0 Å². The monoisotopic (exact) mass is 308 g/mol. The number of nitrogens with one attached hydrogen (secondary N) is 1. The maximum Gasteiger partial charge on any atom is 0.358 e. The SMILES string of the molecule is CCOC(=O)c1nc(NCC(F)F)sc1C(=O)OCC. The van der Waals surface area contributed by atoms with Gasteiger partial charge in [-0.05, 0) is 13.8 Å². The molecule has 1 aromatic heterocycles. The summed E-state index contributed by atoms with van der Waals surface area (Å²) in [4.78, 5) is 27.1. The van der Waals surface area contributed by atoms with E-state index in [1.54, 1.807) is 13.8 Å². The fourth-order valence-corrected chi connectivity index (χ4v) is 2.09. The molecule has 0 saturated carbocycles. The first kappa shape index (κ1) is 16.3. The van der Waals surface area contributed by atoms with Crippen molar-refractivity contribution in [1.29, 1.82) is 0 Å². The smallest absolute Gasteiger partial charge is 0.358 e. The molecule has 0 unspecified atom stereocenters. The normalized spacial score (nSPS) is 10.4. The van der Waals surface area contributed by atoms with Crippen molar-refractivity contribution in [3.05, 3.63) is 10.6 Å². The first-order chi connectivity index (χ1) is 9.49. The molecule has 1 rings (SSSR count). The van der Waals surface area contributed by atoms with Crippen LogP contribution in [0.1, 0.15) is 34.0 Å². The van der Waals surface area contributed by atoms with E-state index in [1.165, 1.54) is 0 Å². The fraction of sp³-hybridized carbons (Fsp3) is 0.545. The molecule has 0 aliphatic heterocycles. The molecule has 1 aromatic rings. The highest BCUT2D eigenvalue weighted by Gasteiger charge is 2.25. The van der Waals surface area contributed by atoms with Crippen LogP contribution in [0, 0.1) is 0 Å². The van der Waals surface area contributed by atoms with E-state index >= 15 is 0 Å². The predicted octanol–water partition coefficient (Wildman–Crippen LogP) is 2.17. The number of hydrogen-bond donors (Lipinski definition) is 1. The Bertz CT molecular complexity index is 443. The second-order valence-electron chi connectivity index (χ2n) is 3.41. The van der Waals surface area contributed by atoms with Crippen molar-refractivity contribution >= 4 is 28.4 Å². The van der Waals surface area contributed by atoms with Gasteiger partial charge in [0.15, 0.2) is 10.8 Å². The second kappa shape index (κ2) is 7.73. The number of thiazole rings is 1. The maximum absolute atomic E-state index is 12.1. The van der Waals surface area contributed by atoms with Crippen LogP contribution >= 0.6 is 11.3 Å². The number of ether oxygens (including phenoxy) is 2. The molecule has 1 heterocycles. The molecule has 0 bridgehead atoms. The molecule has 1 N–H and O–H groups in total. The molecule has 0 saturated heterocycles. The standard InChI is InChI=1S/C11H14F2N2O4S/c1-3-18-9(16)7-8(10(17)19-4-2)20-11(15-7)14-5-6(12)13/h6H,3-5H2,1-2H3,(H,14,15). The minimum atomic E-state index is -2.57. The van der Waals surface area contributed by atoms with Crippen molar-refractivity contribution in [2.75, 3.05) is 25.1 Å². The number of aromatic nitrogens is 1. The topological polar surface area (TPSA) is 77.5 Å². The lowest BCUT2D eigenvalue weighted by Crippen LogP contribution is -2.13. The van der Waals surface area contributed by atoms with Crippen molar-refractivity contribution in [2.24, 2.45) is 0 Å². The van der Waals surface area contributed by atoms with Gasteiger partial charge in [0.05, 0.1) is 19.8 Å². The lowest BCUT2D eigenvalue weighted by atomic mass is 10.3. The molecule has 9 heteroatoms. The summed E-state index contributed by atoms with van der Waals surface area (Å²) in [5.41, 5.74) is -0.230. The number of rotatable bonds is 7. The molecule has 0 aromatic carbocycles. The van der Waals surface area contributed by atoms with Gasteiger partial charge in [0, 0.05) is 0 Å². The number of halogens is 2. The quantitative estimate of drug-likeness (QED) is 0.778. The molecule has 0 atom stereocenters. The number of esters is 2. The average Bonchev–Trinajstić information content (AvgIpc) is 2.81. The molecule has 20 heavy (non-hydrogen) atoms. The van der Waals surface area contributed by atoms with Crippen molar-refractivity contribution < 1.29 is 27.8 Å². The van der Waals surface area contributed by atoms with Crippen molar-refractivity contribution in [1.82, 2.24) is 4.98 Å². The minimum absolute atomic E-state index is 0.0383. The number of nitrogens with zero attached hydrogens (tertiary/aromatic N) is 1. The van der Waals surface area contributed by atoms with E-state index in [9.17, 15) is 18.4 Å². The van der Waals surface area contributed by atoms with E-state index in [0.717, 1.165) is 11.3 Å². The third-order valence-electron chi connectivity index (χ3n) is 1.96. The lowest BCUT2D eigenvalue weighted by Gasteiger charge is -2.01. The maximum atomic E-state index is 12.1. The zero-order chi connectivity index (χ0) is 15.1. The molecule has 0 spiro atoms. The van der Waals surface area contributed by atoms with Crippen LogP contribution < -0.4 is 5.32 Å². The first-order valence-corrected chi connectivity index (χ1v) is 6.68. The lowest BCUT2D eigenvalue weighted by molar-refractivity contribution is 0.0479. The van der Waals surface area contributed by atoms with Gasteiger partial charge in [-0.1, -0.05) is 11.3 Å². The van der Waals surface area contributed by atoms with Gasteiger partial charge in [0.1, 0.15) is 4.88 Å². The minimum Gasteiger partial charge on any atom is -0.462 e. The van der Waals surface area contributed by atoms with Gasteiger partial charge in [-0.2, -0.15) is 0 Å². The Labute approximate surface area is 118 Å². The third-order valence-corrected chi connectivity index (χ3v) is 2.96. The Balaban J connectivity index is 2.98.